The third-order valence-corrected chi connectivity index (χ3v) is 3.41. The number of anilines is 1. The van der Waals surface area contributed by atoms with Crippen LogP contribution in [0, 0.1) is 0 Å². The van der Waals surface area contributed by atoms with Crippen LogP contribution in [0.4, 0.5) is 5.69 Å². The number of nitrogens with one attached hydrogen (secondary N) is 1. The summed E-state index contributed by atoms with van der Waals surface area (Å²) in [6, 6.07) is 9.57. The van der Waals surface area contributed by atoms with Crippen molar-refractivity contribution in [3.63, 3.8) is 0 Å². The first kappa shape index (κ1) is 14.8. The first-order chi connectivity index (χ1) is 11.1. The lowest BCUT2D eigenvalue weighted by atomic mass is 10.1. The third kappa shape index (κ3) is 3.39. The molecule has 116 valence electrons. The molecule has 0 saturated carbocycles. The van der Waals surface area contributed by atoms with Gasteiger partial charge >= 0.3 is 0 Å². The second-order valence-corrected chi connectivity index (χ2v) is 5.08. The molecule has 2 heterocycles. The van der Waals surface area contributed by atoms with E-state index in [9.17, 15) is 9.59 Å². The maximum absolute atomic E-state index is 12.1. The van der Waals surface area contributed by atoms with E-state index in [1.165, 1.54) is 12.1 Å². The second kappa shape index (κ2) is 6.35. The molecule has 23 heavy (non-hydrogen) atoms. The average molecular weight is 309 g/mol. The number of aromatic nitrogens is 2. The summed E-state index contributed by atoms with van der Waals surface area (Å²) < 4.78 is 0. The lowest BCUT2D eigenvalue weighted by Crippen LogP contribution is -2.34. The van der Waals surface area contributed by atoms with Crippen LogP contribution in [0.1, 0.15) is 12.8 Å². The molecule has 0 radical (unpaired) electrons. The van der Waals surface area contributed by atoms with Crippen LogP contribution >= 0.6 is 0 Å². The van der Waals surface area contributed by atoms with Gasteiger partial charge < -0.3 is 5.32 Å². The second-order valence-electron chi connectivity index (χ2n) is 5.08. The summed E-state index contributed by atoms with van der Waals surface area (Å²) in [5, 5.41) is 7.85. The number of nitrogens with zero attached hydrogens (tertiary/aromatic N) is 4. The van der Waals surface area contributed by atoms with Crippen molar-refractivity contribution < 1.29 is 9.59 Å². The predicted octanol–water partition coefficient (Wildman–Crippen LogP) is 1.69. The number of hydrogen-bond acceptors (Lipinski definition) is 5. The van der Waals surface area contributed by atoms with Crippen LogP contribution in [-0.2, 0) is 9.59 Å². The van der Waals surface area contributed by atoms with Gasteiger partial charge in [0.1, 0.15) is 5.71 Å². The molecule has 0 atom stereocenters. The Hall–Kier alpha value is -3.09. The van der Waals surface area contributed by atoms with Crippen LogP contribution < -0.4 is 5.32 Å². The van der Waals surface area contributed by atoms with Crippen molar-refractivity contribution in [2.75, 3.05) is 12.4 Å². The Kier molecular flexibility index (Phi) is 4.09. The monoisotopic (exact) mass is 309 g/mol. The zero-order valence-electron chi connectivity index (χ0n) is 12.6. The summed E-state index contributed by atoms with van der Waals surface area (Å²) in [4.78, 5) is 32.0. The smallest absolute Gasteiger partial charge is 0.271 e. The van der Waals surface area contributed by atoms with Crippen molar-refractivity contribution in [2.45, 2.75) is 12.8 Å². The summed E-state index contributed by atoms with van der Waals surface area (Å²) in [5.74, 6) is 0.140. The number of hydrogen-bond donors (Lipinski definition) is 1. The minimum Gasteiger partial charge on any atom is -0.318 e. The molecule has 1 aliphatic rings. The van der Waals surface area contributed by atoms with Crippen molar-refractivity contribution in [1.29, 1.82) is 0 Å². The SMILES string of the molecule is CN1N=C(C(=O)Nc2cnc(-c3ccccc3)nc2)CCC1=O. The standard InChI is InChI=1S/C16H15N5O2/c1-21-14(22)8-7-13(20-21)16(23)19-12-9-17-15(18-10-12)11-5-3-2-4-6-11/h2-6,9-10H,7-8H2,1H3,(H,19,23). The number of amides is 2. The molecule has 2 aromatic rings. The van der Waals surface area contributed by atoms with E-state index < -0.39 is 0 Å². The largest absolute Gasteiger partial charge is 0.318 e. The summed E-state index contributed by atoms with van der Waals surface area (Å²) in [7, 11) is 1.53. The molecule has 0 fully saturated rings. The molecular formula is C16H15N5O2. The Morgan fingerprint density at radius 1 is 1.13 bits per heavy atom. The van der Waals surface area contributed by atoms with Gasteiger partial charge in [-0.3, -0.25) is 9.59 Å². The van der Waals surface area contributed by atoms with Crippen LogP contribution in [0.2, 0.25) is 0 Å². The summed E-state index contributed by atoms with van der Waals surface area (Å²) >= 11 is 0. The van der Waals surface area contributed by atoms with Gasteiger partial charge in [-0.25, -0.2) is 15.0 Å². The lowest BCUT2D eigenvalue weighted by Gasteiger charge is -2.18. The van der Waals surface area contributed by atoms with E-state index in [2.05, 4.69) is 20.4 Å². The number of benzene rings is 1. The zero-order valence-corrected chi connectivity index (χ0v) is 12.6. The van der Waals surface area contributed by atoms with Gasteiger partial charge in [0.15, 0.2) is 5.82 Å². The fourth-order valence-electron chi connectivity index (χ4n) is 2.17. The number of hydrazone groups is 1. The van der Waals surface area contributed by atoms with Crippen molar-refractivity contribution in [2.24, 2.45) is 5.10 Å². The maximum Gasteiger partial charge on any atom is 0.271 e. The topological polar surface area (TPSA) is 87.6 Å². The molecular weight excluding hydrogens is 294 g/mol. The summed E-state index contributed by atoms with van der Waals surface area (Å²) in [6.07, 6.45) is 3.71. The molecule has 7 nitrogen and oxygen atoms in total. The number of carbonyl (C=O) groups excluding carboxylic acids is 2. The Morgan fingerprint density at radius 3 is 2.48 bits per heavy atom. The molecule has 3 rings (SSSR count). The Morgan fingerprint density at radius 2 is 1.83 bits per heavy atom. The average Bonchev–Trinajstić information content (AvgIpc) is 2.59. The summed E-state index contributed by atoms with van der Waals surface area (Å²) in [6.45, 7) is 0. The van der Waals surface area contributed by atoms with E-state index in [4.69, 9.17) is 0 Å². The van der Waals surface area contributed by atoms with Gasteiger partial charge in [0.2, 0.25) is 5.91 Å². The predicted molar refractivity (Wildman–Crippen MR) is 85.5 cm³/mol. The highest BCUT2D eigenvalue weighted by molar-refractivity contribution is 6.43. The molecule has 7 heteroatoms. The number of carbonyl (C=O) groups is 2. The van der Waals surface area contributed by atoms with Gasteiger partial charge in [0.25, 0.3) is 5.91 Å². The van der Waals surface area contributed by atoms with Crippen molar-refractivity contribution in [1.82, 2.24) is 15.0 Å². The molecule has 0 bridgehead atoms. The fourth-order valence-corrected chi connectivity index (χ4v) is 2.17. The van der Waals surface area contributed by atoms with E-state index in [1.807, 2.05) is 30.3 Å². The highest BCUT2D eigenvalue weighted by Crippen LogP contribution is 2.15. The van der Waals surface area contributed by atoms with Crippen LogP contribution in [-0.4, -0.2) is 39.6 Å². The minimum absolute atomic E-state index is 0.0999. The summed E-state index contributed by atoms with van der Waals surface area (Å²) in [5.41, 5.74) is 1.71. The van der Waals surface area contributed by atoms with Crippen molar-refractivity contribution in [3.8, 4) is 11.4 Å². The molecule has 0 saturated heterocycles. The molecule has 0 spiro atoms. The fraction of sp³-hybridized carbons (Fsp3) is 0.188. The molecule has 1 N–H and O–H groups in total. The first-order valence-electron chi connectivity index (χ1n) is 7.16. The lowest BCUT2D eigenvalue weighted by molar-refractivity contribution is -0.130. The van der Waals surface area contributed by atoms with Gasteiger partial charge in [-0.1, -0.05) is 30.3 Å². The first-order valence-corrected chi connectivity index (χ1v) is 7.16. The van der Waals surface area contributed by atoms with Gasteiger partial charge in [-0.2, -0.15) is 5.10 Å². The highest BCUT2D eigenvalue weighted by atomic mass is 16.2. The molecule has 0 unspecified atom stereocenters. The Bertz CT molecular complexity index is 756. The van der Waals surface area contributed by atoms with Crippen molar-refractivity contribution in [3.05, 3.63) is 42.7 Å². The zero-order chi connectivity index (χ0) is 16.2. The Labute approximate surface area is 133 Å². The molecule has 1 aliphatic heterocycles. The Balaban J connectivity index is 1.70. The van der Waals surface area contributed by atoms with E-state index in [-0.39, 0.29) is 18.2 Å². The minimum atomic E-state index is -0.347. The van der Waals surface area contributed by atoms with Gasteiger partial charge in [-0.15, -0.1) is 0 Å². The van der Waals surface area contributed by atoms with E-state index >= 15 is 0 Å². The molecule has 0 aliphatic carbocycles. The molecule has 1 aromatic carbocycles. The van der Waals surface area contributed by atoms with Gasteiger partial charge in [0.05, 0.1) is 18.1 Å². The molecule has 2 amide bonds. The van der Waals surface area contributed by atoms with E-state index in [0.29, 0.717) is 23.6 Å². The quantitative estimate of drug-likeness (QED) is 0.934. The van der Waals surface area contributed by atoms with Gasteiger partial charge in [0, 0.05) is 25.5 Å². The third-order valence-electron chi connectivity index (χ3n) is 3.41. The highest BCUT2D eigenvalue weighted by Gasteiger charge is 2.22. The maximum atomic E-state index is 12.1. The van der Waals surface area contributed by atoms with Crippen LogP contribution in [0.5, 0.6) is 0 Å². The van der Waals surface area contributed by atoms with Gasteiger partial charge in [-0.05, 0) is 0 Å². The van der Waals surface area contributed by atoms with Crippen molar-refractivity contribution >= 4 is 23.2 Å². The van der Waals surface area contributed by atoms with Crippen LogP contribution in [0.15, 0.2) is 47.8 Å². The van der Waals surface area contributed by atoms with E-state index in [0.717, 1.165) is 5.56 Å². The van der Waals surface area contributed by atoms with Crippen LogP contribution in [0.3, 0.4) is 0 Å². The van der Waals surface area contributed by atoms with Crippen LogP contribution in [0.25, 0.3) is 11.4 Å². The molecule has 1 aromatic heterocycles. The van der Waals surface area contributed by atoms with E-state index in [1.54, 1.807) is 12.4 Å². The number of rotatable bonds is 3. The normalized spacial score (nSPS) is 14.4.